The van der Waals surface area contributed by atoms with Crippen LogP contribution in [-0.4, -0.2) is 26.1 Å². The van der Waals surface area contributed by atoms with Crippen molar-refractivity contribution < 1.29 is 0 Å². The van der Waals surface area contributed by atoms with Gasteiger partial charge in [0.25, 0.3) is 0 Å². The Labute approximate surface area is 122 Å². The molecule has 1 rings (SSSR count). The fourth-order valence-corrected chi connectivity index (χ4v) is 1.95. The number of nitrogens with one attached hydrogen (secondary N) is 2. The normalized spacial score (nSPS) is 11.8. The van der Waals surface area contributed by atoms with Crippen LogP contribution in [0.4, 0.5) is 0 Å². The van der Waals surface area contributed by atoms with E-state index in [1.165, 1.54) is 11.1 Å². The van der Waals surface area contributed by atoms with Crippen LogP contribution in [0.5, 0.6) is 0 Å². The predicted molar refractivity (Wildman–Crippen MR) is 87.0 cm³/mol. The quantitative estimate of drug-likeness (QED) is 0.490. The molecule has 1 aromatic carbocycles. The van der Waals surface area contributed by atoms with Gasteiger partial charge in [-0.2, -0.15) is 0 Å². The molecular formula is C17H25N3. The summed E-state index contributed by atoms with van der Waals surface area (Å²) in [5.41, 5.74) is 2.71. The zero-order valence-electron chi connectivity index (χ0n) is 13.0. The minimum atomic E-state index is 0.0278. The van der Waals surface area contributed by atoms with Crippen molar-refractivity contribution in [3.05, 3.63) is 35.4 Å². The van der Waals surface area contributed by atoms with Crippen molar-refractivity contribution >= 4 is 5.96 Å². The maximum atomic E-state index is 5.24. The van der Waals surface area contributed by atoms with Gasteiger partial charge in [0.15, 0.2) is 5.96 Å². The van der Waals surface area contributed by atoms with Crippen LogP contribution < -0.4 is 10.6 Å². The van der Waals surface area contributed by atoms with Crippen molar-refractivity contribution in [2.75, 3.05) is 20.1 Å². The summed E-state index contributed by atoms with van der Waals surface area (Å²) in [6.07, 6.45) is 6.31. The number of hydrogen-bond acceptors (Lipinski definition) is 1. The van der Waals surface area contributed by atoms with Crippen LogP contribution in [0.2, 0.25) is 0 Å². The molecular weight excluding hydrogens is 246 g/mol. The standard InChI is InChI=1S/C17H25N3/c1-6-12-19-16(18-5)20-13-17(3,4)15-10-8-14(7-2)9-11-15/h1,8-11H,7,12-13H2,2-5H3,(H2,18,19,20). The number of aryl methyl sites for hydroxylation is 1. The Hall–Kier alpha value is -1.95. The van der Waals surface area contributed by atoms with E-state index in [1.54, 1.807) is 7.05 Å². The summed E-state index contributed by atoms with van der Waals surface area (Å²) in [5.74, 6) is 3.28. The molecule has 0 unspecified atom stereocenters. The minimum absolute atomic E-state index is 0.0278. The van der Waals surface area contributed by atoms with Crippen LogP contribution in [0.15, 0.2) is 29.3 Å². The van der Waals surface area contributed by atoms with Gasteiger partial charge in [-0.05, 0) is 17.5 Å². The third-order valence-electron chi connectivity index (χ3n) is 3.42. The average molecular weight is 271 g/mol. The zero-order valence-corrected chi connectivity index (χ0v) is 13.0. The lowest BCUT2D eigenvalue weighted by atomic mass is 9.84. The Kier molecular flexibility index (Phi) is 6.11. The number of aliphatic imine (C=N–C) groups is 1. The Morgan fingerprint density at radius 2 is 1.90 bits per heavy atom. The first-order valence-electron chi connectivity index (χ1n) is 7.01. The molecule has 0 fully saturated rings. The molecule has 3 heteroatoms. The number of benzene rings is 1. The van der Waals surface area contributed by atoms with Gasteiger partial charge in [-0.1, -0.05) is 51.0 Å². The van der Waals surface area contributed by atoms with Crippen LogP contribution in [0.25, 0.3) is 0 Å². The van der Waals surface area contributed by atoms with E-state index >= 15 is 0 Å². The van der Waals surface area contributed by atoms with Gasteiger partial charge in [0.1, 0.15) is 0 Å². The molecule has 0 aromatic heterocycles. The molecule has 0 saturated heterocycles. The van der Waals surface area contributed by atoms with Crippen LogP contribution >= 0.6 is 0 Å². The lowest BCUT2D eigenvalue weighted by Crippen LogP contribution is -2.43. The molecule has 0 aliphatic rings. The fraction of sp³-hybridized carbons (Fsp3) is 0.471. The molecule has 3 nitrogen and oxygen atoms in total. The zero-order chi connectivity index (χ0) is 15.0. The topological polar surface area (TPSA) is 36.4 Å². The van der Waals surface area contributed by atoms with E-state index in [1.807, 2.05) is 0 Å². The van der Waals surface area contributed by atoms with Crippen LogP contribution in [0.1, 0.15) is 31.9 Å². The molecule has 0 heterocycles. The Balaban J connectivity index is 2.66. The molecule has 0 radical (unpaired) electrons. The smallest absolute Gasteiger partial charge is 0.191 e. The van der Waals surface area contributed by atoms with Gasteiger partial charge in [0, 0.05) is 19.0 Å². The molecule has 0 aliphatic heterocycles. The molecule has 2 N–H and O–H groups in total. The van der Waals surface area contributed by atoms with E-state index < -0.39 is 0 Å². The third kappa shape index (κ3) is 4.62. The van der Waals surface area contributed by atoms with E-state index in [2.05, 4.69) is 66.6 Å². The molecule has 0 aliphatic carbocycles. The molecule has 0 saturated carbocycles. The van der Waals surface area contributed by atoms with Crippen molar-refractivity contribution in [3.8, 4) is 12.3 Å². The average Bonchev–Trinajstić information content (AvgIpc) is 2.47. The molecule has 1 aromatic rings. The number of rotatable bonds is 5. The van der Waals surface area contributed by atoms with Gasteiger partial charge >= 0.3 is 0 Å². The summed E-state index contributed by atoms with van der Waals surface area (Å²) in [5, 5.41) is 6.38. The lowest BCUT2D eigenvalue weighted by Gasteiger charge is -2.27. The van der Waals surface area contributed by atoms with Crippen LogP contribution in [-0.2, 0) is 11.8 Å². The molecule has 0 bridgehead atoms. The fourth-order valence-electron chi connectivity index (χ4n) is 1.95. The van der Waals surface area contributed by atoms with E-state index in [9.17, 15) is 0 Å². The van der Waals surface area contributed by atoms with Crippen molar-refractivity contribution in [2.24, 2.45) is 4.99 Å². The summed E-state index contributed by atoms with van der Waals surface area (Å²) in [6.45, 7) is 7.88. The predicted octanol–water partition coefficient (Wildman–Crippen LogP) is 2.32. The molecule has 0 spiro atoms. The monoisotopic (exact) mass is 271 g/mol. The maximum Gasteiger partial charge on any atom is 0.191 e. The number of terminal acetylenes is 1. The van der Waals surface area contributed by atoms with Crippen molar-refractivity contribution in [1.29, 1.82) is 0 Å². The van der Waals surface area contributed by atoms with Gasteiger partial charge in [-0.3, -0.25) is 4.99 Å². The molecule has 0 amide bonds. The Morgan fingerprint density at radius 1 is 1.25 bits per heavy atom. The van der Waals surface area contributed by atoms with E-state index in [-0.39, 0.29) is 5.41 Å². The maximum absolute atomic E-state index is 5.24. The largest absolute Gasteiger partial charge is 0.356 e. The first-order valence-corrected chi connectivity index (χ1v) is 7.01. The second-order valence-corrected chi connectivity index (χ2v) is 5.42. The third-order valence-corrected chi connectivity index (χ3v) is 3.42. The summed E-state index contributed by atoms with van der Waals surface area (Å²) in [6, 6.07) is 8.81. The highest BCUT2D eigenvalue weighted by atomic mass is 15.2. The highest BCUT2D eigenvalue weighted by Crippen LogP contribution is 2.22. The highest BCUT2D eigenvalue weighted by Gasteiger charge is 2.20. The van der Waals surface area contributed by atoms with Crippen LogP contribution in [0, 0.1) is 12.3 Å². The highest BCUT2D eigenvalue weighted by molar-refractivity contribution is 5.80. The first-order chi connectivity index (χ1) is 9.53. The summed E-state index contributed by atoms with van der Waals surface area (Å²) in [7, 11) is 1.74. The van der Waals surface area contributed by atoms with E-state index in [0.29, 0.717) is 6.54 Å². The second kappa shape index (κ2) is 7.59. The van der Waals surface area contributed by atoms with E-state index in [0.717, 1.165) is 18.9 Å². The van der Waals surface area contributed by atoms with Crippen molar-refractivity contribution in [1.82, 2.24) is 10.6 Å². The Morgan fingerprint density at radius 3 is 2.40 bits per heavy atom. The second-order valence-electron chi connectivity index (χ2n) is 5.42. The van der Waals surface area contributed by atoms with Gasteiger partial charge in [0.2, 0.25) is 0 Å². The minimum Gasteiger partial charge on any atom is -0.356 e. The summed E-state index contributed by atoms with van der Waals surface area (Å²) in [4.78, 5) is 4.15. The van der Waals surface area contributed by atoms with E-state index in [4.69, 9.17) is 6.42 Å². The summed E-state index contributed by atoms with van der Waals surface area (Å²) >= 11 is 0. The van der Waals surface area contributed by atoms with Crippen LogP contribution in [0.3, 0.4) is 0 Å². The van der Waals surface area contributed by atoms with Crippen molar-refractivity contribution in [3.63, 3.8) is 0 Å². The van der Waals surface area contributed by atoms with Crippen molar-refractivity contribution in [2.45, 2.75) is 32.6 Å². The SMILES string of the molecule is C#CCNC(=NC)NCC(C)(C)c1ccc(CC)cc1. The van der Waals surface area contributed by atoms with Gasteiger partial charge in [0.05, 0.1) is 6.54 Å². The number of nitrogens with zero attached hydrogens (tertiary/aromatic N) is 1. The van der Waals surface area contributed by atoms with Gasteiger partial charge in [-0.15, -0.1) is 6.42 Å². The first kappa shape index (κ1) is 16.1. The van der Waals surface area contributed by atoms with Gasteiger partial charge < -0.3 is 10.6 Å². The Bertz CT molecular complexity index is 478. The lowest BCUT2D eigenvalue weighted by molar-refractivity contribution is 0.509. The van der Waals surface area contributed by atoms with Gasteiger partial charge in [-0.25, -0.2) is 0 Å². The molecule has 108 valence electrons. The summed E-state index contributed by atoms with van der Waals surface area (Å²) < 4.78 is 0. The molecule has 0 atom stereocenters. The number of guanidine groups is 1. The number of hydrogen-bond donors (Lipinski definition) is 2. The molecule has 20 heavy (non-hydrogen) atoms.